The summed E-state index contributed by atoms with van der Waals surface area (Å²) in [6.45, 7) is 8.49. The SMILES string of the molecule is CCCCCOc1ccc(CN2C(=O)C3(OCCCO3)c3c(C)ccc(C)c32)cc1. The summed E-state index contributed by atoms with van der Waals surface area (Å²) in [7, 11) is 0. The lowest BCUT2D eigenvalue weighted by molar-refractivity contribution is -0.257. The number of carbonyl (C=O) groups is 1. The smallest absolute Gasteiger partial charge is 0.292 e. The van der Waals surface area contributed by atoms with Crippen LogP contribution in [0.3, 0.4) is 0 Å². The van der Waals surface area contributed by atoms with Gasteiger partial charge in [0, 0.05) is 5.56 Å². The van der Waals surface area contributed by atoms with Gasteiger partial charge in [0.05, 0.1) is 32.1 Å². The lowest BCUT2D eigenvalue weighted by Crippen LogP contribution is -2.47. The number of nitrogens with zero attached hydrogens (tertiary/aromatic N) is 1. The molecule has 2 heterocycles. The van der Waals surface area contributed by atoms with Crippen LogP contribution >= 0.6 is 0 Å². The molecule has 1 amide bonds. The third-order valence-corrected chi connectivity index (χ3v) is 5.89. The molecule has 0 unspecified atom stereocenters. The van der Waals surface area contributed by atoms with Crippen molar-refractivity contribution in [3.63, 3.8) is 0 Å². The van der Waals surface area contributed by atoms with Crippen molar-refractivity contribution in [1.82, 2.24) is 0 Å². The average Bonchev–Trinajstić information content (AvgIpc) is 2.99. The van der Waals surface area contributed by atoms with Gasteiger partial charge in [0.2, 0.25) is 0 Å². The van der Waals surface area contributed by atoms with Gasteiger partial charge in [0.1, 0.15) is 5.75 Å². The molecule has 0 bridgehead atoms. The van der Waals surface area contributed by atoms with Crippen LogP contribution in [0.15, 0.2) is 36.4 Å². The van der Waals surface area contributed by atoms with Crippen molar-refractivity contribution in [3.05, 3.63) is 58.7 Å². The molecule has 0 aliphatic carbocycles. The second kappa shape index (κ2) is 8.78. The van der Waals surface area contributed by atoms with E-state index in [0.717, 1.165) is 53.1 Å². The van der Waals surface area contributed by atoms with Gasteiger partial charge in [-0.1, -0.05) is 44.0 Å². The molecule has 2 aliphatic heterocycles. The zero-order chi connectivity index (χ0) is 21.1. The van der Waals surface area contributed by atoms with Crippen molar-refractivity contribution in [2.24, 2.45) is 0 Å². The summed E-state index contributed by atoms with van der Waals surface area (Å²) in [6, 6.07) is 12.1. The number of hydrogen-bond acceptors (Lipinski definition) is 4. The number of unbranched alkanes of at least 4 members (excludes halogenated alkanes) is 2. The molecule has 1 fully saturated rings. The highest BCUT2D eigenvalue weighted by Gasteiger charge is 2.56. The van der Waals surface area contributed by atoms with Crippen LogP contribution in [0.25, 0.3) is 0 Å². The van der Waals surface area contributed by atoms with Crippen molar-refractivity contribution < 1.29 is 19.0 Å². The van der Waals surface area contributed by atoms with E-state index in [1.165, 1.54) is 12.8 Å². The number of rotatable bonds is 7. The molecule has 2 aliphatic rings. The molecule has 1 spiro atoms. The lowest BCUT2D eigenvalue weighted by Gasteiger charge is -2.33. The normalized spacial score (nSPS) is 17.4. The molecule has 0 saturated carbocycles. The largest absolute Gasteiger partial charge is 0.494 e. The molecule has 0 N–H and O–H groups in total. The van der Waals surface area contributed by atoms with Crippen molar-refractivity contribution >= 4 is 11.6 Å². The Kier molecular flexibility index (Phi) is 6.11. The van der Waals surface area contributed by atoms with E-state index >= 15 is 0 Å². The number of carbonyl (C=O) groups excluding carboxylic acids is 1. The van der Waals surface area contributed by atoms with Gasteiger partial charge < -0.3 is 19.1 Å². The van der Waals surface area contributed by atoms with Crippen LogP contribution in [-0.2, 0) is 26.6 Å². The highest BCUT2D eigenvalue weighted by atomic mass is 16.7. The van der Waals surface area contributed by atoms with Gasteiger partial charge >= 0.3 is 0 Å². The Hall–Kier alpha value is -2.37. The molecule has 0 aromatic heterocycles. The first-order valence-electron chi connectivity index (χ1n) is 11.0. The number of benzene rings is 2. The van der Waals surface area contributed by atoms with Gasteiger partial charge in [-0.05, 0) is 55.5 Å². The minimum absolute atomic E-state index is 0.130. The van der Waals surface area contributed by atoms with E-state index in [4.69, 9.17) is 14.2 Å². The first-order chi connectivity index (χ1) is 14.6. The summed E-state index contributed by atoms with van der Waals surface area (Å²) >= 11 is 0. The zero-order valence-electron chi connectivity index (χ0n) is 18.2. The molecule has 1 saturated heterocycles. The third-order valence-electron chi connectivity index (χ3n) is 5.89. The zero-order valence-corrected chi connectivity index (χ0v) is 18.2. The fourth-order valence-corrected chi connectivity index (χ4v) is 4.31. The highest BCUT2D eigenvalue weighted by Crippen LogP contribution is 2.48. The molecule has 0 atom stereocenters. The highest BCUT2D eigenvalue weighted by molar-refractivity contribution is 6.07. The van der Waals surface area contributed by atoms with Crippen LogP contribution < -0.4 is 9.64 Å². The predicted molar refractivity (Wildman–Crippen MR) is 117 cm³/mol. The van der Waals surface area contributed by atoms with E-state index in [9.17, 15) is 4.79 Å². The van der Waals surface area contributed by atoms with Gasteiger partial charge in [-0.15, -0.1) is 0 Å². The summed E-state index contributed by atoms with van der Waals surface area (Å²) in [5.74, 6) is -0.564. The van der Waals surface area contributed by atoms with Gasteiger partial charge in [0.25, 0.3) is 11.7 Å². The molecular weight excluding hydrogens is 378 g/mol. The van der Waals surface area contributed by atoms with Crippen molar-refractivity contribution in [2.45, 2.75) is 58.8 Å². The Labute approximate surface area is 178 Å². The van der Waals surface area contributed by atoms with Gasteiger partial charge in [-0.3, -0.25) is 4.79 Å². The molecule has 160 valence electrons. The van der Waals surface area contributed by atoms with Crippen LogP contribution in [0.1, 0.15) is 54.9 Å². The summed E-state index contributed by atoms with van der Waals surface area (Å²) in [5, 5.41) is 0. The quantitative estimate of drug-likeness (QED) is 0.603. The van der Waals surface area contributed by atoms with E-state index < -0.39 is 5.79 Å². The number of hydrogen-bond donors (Lipinski definition) is 0. The summed E-state index contributed by atoms with van der Waals surface area (Å²) < 4.78 is 17.9. The maximum Gasteiger partial charge on any atom is 0.292 e. The summed E-state index contributed by atoms with van der Waals surface area (Å²) in [5.41, 5.74) is 4.90. The van der Waals surface area contributed by atoms with Crippen molar-refractivity contribution in [2.75, 3.05) is 24.7 Å². The third kappa shape index (κ3) is 3.72. The molecule has 0 radical (unpaired) electrons. The molecule has 30 heavy (non-hydrogen) atoms. The fraction of sp³-hybridized carbons (Fsp3) is 0.480. The lowest BCUT2D eigenvalue weighted by atomic mass is 9.97. The van der Waals surface area contributed by atoms with E-state index in [1.54, 1.807) is 0 Å². The predicted octanol–water partition coefficient (Wildman–Crippen LogP) is 5.01. The summed E-state index contributed by atoms with van der Waals surface area (Å²) in [6.07, 6.45) is 4.23. The minimum atomic E-state index is -1.30. The maximum atomic E-state index is 13.6. The number of ether oxygens (including phenoxy) is 3. The van der Waals surface area contributed by atoms with E-state index in [2.05, 4.69) is 13.0 Å². The van der Waals surface area contributed by atoms with Gasteiger partial charge in [0.15, 0.2) is 0 Å². The molecule has 4 rings (SSSR count). The molecule has 5 heteroatoms. The number of aryl methyl sites for hydroxylation is 2. The van der Waals surface area contributed by atoms with Gasteiger partial charge in [-0.2, -0.15) is 0 Å². The minimum Gasteiger partial charge on any atom is -0.494 e. The first kappa shape index (κ1) is 20.9. The Balaban J connectivity index is 1.58. The van der Waals surface area contributed by atoms with E-state index in [0.29, 0.717) is 19.8 Å². The Morgan fingerprint density at radius 3 is 2.40 bits per heavy atom. The second-order valence-electron chi connectivity index (χ2n) is 8.18. The van der Waals surface area contributed by atoms with Crippen molar-refractivity contribution in [3.8, 4) is 5.75 Å². The molecule has 2 aromatic carbocycles. The van der Waals surface area contributed by atoms with Crippen LogP contribution in [0.5, 0.6) is 5.75 Å². The van der Waals surface area contributed by atoms with Crippen LogP contribution in [-0.4, -0.2) is 25.7 Å². The maximum absolute atomic E-state index is 13.6. The van der Waals surface area contributed by atoms with E-state index in [1.807, 2.05) is 49.1 Å². The number of fused-ring (bicyclic) bond motifs is 2. The molecular formula is C25H31NO4. The van der Waals surface area contributed by atoms with Gasteiger partial charge in [-0.25, -0.2) is 0 Å². The second-order valence-corrected chi connectivity index (χ2v) is 8.18. The summed E-state index contributed by atoms with van der Waals surface area (Å²) in [4.78, 5) is 15.4. The van der Waals surface area contributed by atoms with E-state index in [-0.39, 0.29) is 5.91 Å². The van der Waals surface area contributed by atoms with Crippen LogP contribution in [0, 0.1) is 13.8 Å². The number of amides is 1. The Morgan fingerprint density at radius 2 is 1.70 bits per heavy atom. The standard InChI is InChI=1S/C25H31NO4/c1-4-5-6-14-28-21-12-10-20(11-13-21)17-26-23-19(3)9-8-18(2)22(23)25(24(26)27)29-15-7-16-30-25/h8-13H,4-7,14-17H2,1-3H3. The molecule has 5 nitrogen and oxygen atoms in total. The van der Waals surface area contributed by atoms with Crippen LogP contribution in [0.2, 0.25) is 0 Å². The Bertz CT molecular complexity index is 900. The van der Waals surface area contributed by atoms with Crippen molar-refractivity contribution in [1.29, 1.82) is 0 Å². The average molecular weight is 410 g/mol. The Morgan fingerprint density at radius 1 is 1.00 bits per heavy atom. The molecule has 2 aromatic rings. The monoisotopic (exact) mass is 409 g/mol. The first-order valence-corrected chi connectivity index (χ1v) is 11.0. The topological polar surface area (TPSA) is 48.0 Å². The fourth-order valence-electron chi connectivity index (χ4n) is 4.31. The van der Waals surface area contributed by atoms with Crippen LogP contribution in [0.4, 0.5) is 5.69 Å². The number of anilines is 1.